The molecule has 0 saturated heterocycles. The number of carbonyl (C=O) groups excluding carboxylic acids is 1. The fraction of sp³-hybridized carbons (Fsp3) is 0.130. The number of hydrogen-bond acceptors (Lipinski definition) is 4. The van der Waals surface area contributed by atoms with Crippen LogP contribution in [0.5, 0.6) is 0 Å². The fourth-order valence-corrected chi connectivity index (χ4v) is 3.91. The lowest BCUT2D eigenvalue weighted by Gasteiger charge is -2.17. The van der Waals surface area contributed by atoms with Crippen LogP contribution >= 0.6 is 11.3 Å². The van der Waals surface area contributed by atoms with E-state index >= 15 is 0 Å². The third kappa shape index (κ3) is 4.21. The van der Waals surface area contributed by atoms with E-state index < -0.39 is 0 Å². The zero-order valence-electron chi connectivity index (χ0n) is 15.5. The summed E-state index contributed by atoms with van der Waals surface area (Å²) in [6.07, 6.45) is 1.85. The Balaban J connectivity index is 1.49. The van der Waals surface area contributed by atoms with E-state index in [1.54, 1.807) is 17.6 Å². The maximum atomic E-state index is 12.7. The predicted octanol–water partition coefficient (Wildman–Crippen LogP) is 5.16. The lowest BCUT2D eigenvalue weighted by Crippen LogP contribution is -2.30. The van der Waals surface area contributed by atoms with E-state index in [9.17, 15) is 4.79 Å². The van der Waals surface area contributed by atoms with Gasteiger partial charge in [-0.05, 0) is 30.7 Å². The Morgan fingerprint density at radius 1 is 1.11 bits per heavy atom. The zero-order chi connectivity index (χ0) is 19.3. The summed E-state index contributed by atoms with van der Waals surface area (Å²) in [5, 5.41) is 5.95. The molecule has 4 nitrogen and oxygen atoms in total. The first-order valence-corrected chi connectivity index (χ1v) is 9.96. The Kier molecular flexibility index (Phi) is 5.35. The van der Waals surface area contributed by atoms with E-state index in [0.717, 1.165) is 21.8 Å². The second-order valence-electron chi connectivity index (χ2n) is 6.62. The molecule has 4 aromatic rings. The van der Waals surface area contributed by atoms with Gasteiger partial charge in [0.2, 0.25) is 5.91 Å². The molecule has 2 heterocycles. The normalized spacial score (nSPS) is 11.9. The molecule has 1 atom stereocenters. The molecule has 0 aliphatic heterocycles. The Morgan fingerprint density at radius 3 is 2.71 bits per heavy atom. The van der Waals surface area contributed by atoms with Crippen molar-refractivity contribution in [2.75, 3.05) is 0 Å². The summed E-state index contributed by atoms with van der Waals surface area (Å²) in [5.41, 5.74) is 4.01. The van der Waals surface area contributed by atoms with Gasteiger partial charge < -0.3 is 9.73 Å². The van der Waals surface area contributed by atoms with Gasteiger partial charge in [-0.3, -0.25) is 4.79 Å². The third-order valence-corrected chi connectivity index (χ3v) is 5.36. The van der Waals surface area contributed by atoms with Gasteiger partial charge >= 0.3 is 0 Å². The van der Waals surface area contributed by atoms with Gasteiger partial charge in [-0.1, -0.05) is 54.1 Å². The van der Waals surface area contributed by atoms with Crippen LogP contribution in [0.4, 0.5) is 0 Å². The topological polar surface area (TPSA) is 55.1 Å². The third-order valence-electron chi connectivity index (χ3n) is 4.42. The quantitative estimate of drug-likeness (QED) is 0.496. The molecule has 1 N–H and O–H groups in total. The first-order valence-electron chi connectivity index (χ1n) is 9.08. The number of benzene rings is 2. The molecule has 28 heavy (non-hydrogen) atoms. The minimum atomic E-state index is -0.321. The molecule has 4 rings (SSSR count). The number of aryl methyl sites for hydroxylation is 1. The van der Waals surface area contributed by atoms with Gasteiger partial charge in [0.15, 0.2) is 0 Å². The van der Waals surface area contributed by atoms with Crippen molar-refractivity contribution in [1.82, 2.24) is 10.3 Å². The number of aromatic nitrogens is 1. The molecule has 2 aromatic carbocycles. The number of thiazole rings is 1. The van der Waals surface area contributed by atoms with E-state index in [1.165, 1.54) is 5.56 Å². The van der Waals surface area contributed by atoms with Gasteiger partial charge in [0.05, 0.1) is 18.4 Å². The molecular weight excluding hydrogens is 368 g/mol. The highest BCUT2D eigenvalue weighted by Gasteiger charge is 2.20. The van der Waals surface area contributed by atoms with Crippen LogP contribution < -0.4 is 5.32 Å². The van der Waals surface area contributed by atoms with Gasteiger partial charge in [-0.15, -0.1) is 11.3 Å². The molecule has 0 radical (unpaired) electrons. The Morgan fingerprint density at radius 2 is 1.96 bits per heavy atom. The van der Waals surface area contributed by atoms with Crippen LogP contribution in [-0.2, 0) is 11.2 Å². The number of furan rings is 1. The molecule has 0 spiro atoms. The highest BCUT2D eigenvalue weighted by molar-refractivity contribution is 7.13. The second kappa shape index (κ2) is 8.23. The molecule has 0 bridgehead atoms. The maximum Gasteiger partial charge on any atom is 0.226 e. The smallest absolute Gasteiger partial charge is 0.226 e. The van der Waals surface area contributed by atoms with Crippen molar-refractivity contribution in [2.45, 2.75) is 19.4 Å². The second-order valence-corrected chi connectivity index (χ2v) is 7.47. The summed E-state index contributed by atoms with van der Waals surface area (Å²) in [7, 11) is 0. The molecule has 2 aromatic heterocycles. The maximum absolute atomic E-state index is 12.7. The van der Waals surface area contributed by atoms with Crippen molar-refractivity contribution in [3.63, 3.8) is 0 Å². The highest BCUT2D eigenvalue weighted by atomic mass is 32.1. The SMILES string of the molecule is Cc1cccc(-c2nc(CC(=O)NC(c3ccccc3)c3ccco3)cs2)c1. The lowest BCUT2D eigenvalue weighted by atomic mass is 10.0. The summed E-state index contributed by atoms with van der Waals surface area (Å²) < 4.78 is 5.55. The van der Waals surface area contributed by atoms with E-state index in [0.29, 0.717) is 5.76 Å². The highest BCUT2D eigenvalue weighted by Crippen LogP contribution is 2.25. The number of nitrogens with zero attached hydrogens (tertiary/aromatic N) is 1. The van der Waals surface area contributed by atoms with Gasteiger partial charge in [-0.25, -0.2) is 4.98 Å². The van der Waals surface area contributed by atoms with Crippen molar-refractivity contribution in [3.05, 3.63) is 101 Å². The zero-order valence-corrected chi connectivity index (χ0v) is 16.3. The summed E-state index contributed by atoms with van der Waals surface area (Å²) >= 11 is 1.56. The van der Waals surface area contributed by atoms with Gasteiger partial charge in [0.1, 0.15) is 16.8 Å². The van der Waals surface area contributed by atoms with Crippen molar-refractivity contribution < 1.29 is 9.21 Å². The van der Waals surface area contributed by atoms with Crippen LogP contribution in [0.1, 0.15) is 28.6 Å². The number of nitrogens with one attached hydrogen (secondary N) is 1. The summed E-state index contributed by atoms with van der Waals surface area (Å²) in [6.45, 7) is 2.06. The van der Waals surface area contributed by atoms with Crippen LogP contribution in [0.25, 0.3) is 10.6 Å². The largest absolute Gasteiger partial charge is 0.467 e. The Bertz CT molecular complexity index is 1060. The molecule has 1 unspecified atom stereocenters. The van der Waals surface area contributed by atoms with Crippen molar-refractivity contribution in [2.24, 2.45) is 0 Å². The van der Waals surface area contributed by atoms with Crippen LogP contribution in [0.15, 0.2) is 82.8 Å². The average molecular weight is 388 g/mol. The van der Waals surface area contributed by atoms with Crippen molar-refractivity contribution >= 4 is 17.2 Å². The molecular formula is C23H20N2O2S. The minimum Gasteiger partial charge on any atom is -0.467 e. The molecule has 0 fully saturated rings. The molecule has 1 amide bonds. The number of amides is 1. The minimum absolute atomic E-state index is 0.0913. The van der Waals surface area contributed by atoms with E-state index in [1.807, 2.05) is 60.0 Å². The number of rotatable bonds is 6. The van der Waals surface area contributed by atoms with E-state index in [2.05, 4.69) is 29.4 Å². The van der Waals surface area contributed by atoms with Crippen molar-refractivity contribution in [1.29, 1.82) is 0 Å². The van der Waals surface area contributed by atoms with E-state index in [-0.39, 0.29) is 18.4 Å². The average Bonchev–Trinajstić information content (AvgIpc) is 3.39. The number of hydrogen-bond donors (Lipinski definition) is 1. The molecule has 0 aliphatic carbocycles. The standard InChI is InChI=1S/C23H20N2O2S/c1-16-7-5-10-18(13-16)23-24-19(15-28-23)14-21(26)25-22(20-11-6-12-27-20)17-8-3-2-4-9-17/h2-13,15,22H,14H2,1H3,(H,25,26). The first kappa shape index (κ1) is 18.2. The summed E-state index contributed by atoms with van der Waals surface area (Å²) in [5.74, 6) is 0.615. The monoisotopic (exact) mass is 388 g/mol. The lowest BCUT2D eigenvalue weighted by molar-refractivity contribution is -0.121. The summed E-state index contributed by atoms with van der Waals surface area (Å²) in [6, 6.07) is 21.4. The summed E-state index contributed by atoms with van der Waals surface area (Å²) in [4.78, 5) is 17.3. The predicted molar refractivity (Wildman–Crippen MR) is 111 cm³/mol. The van der Waals surface area contributed by atoms with Crippen LogP contribution in [0, 0.1) is 6.92 Å². The fourth-order valence-electron chi connectivity index (χ4n) is 3.10. The molecule has 0 saturated carbocycles. The Hall–Kier alpha value is -3.18. The van der Waals surface area contributed by atoms with Gasteiger partial charge in [0.25, 0.3) is 0 Å². The first-order chi connectivity index (χ1) is 13.7. The molecule has 5 heteroatoms. The molecule has 0 aliphatic rings. The number of carbonyl (C=O) groups is 1. The van der Waals surface area contributed by atoms with E-state index in [4.69, 9.17) is 4.42 Å². The van der Waals surface area contributed by atoms with Crippen LogP contribution in [0.2, 0.25) is 0 Å². The van der Waals surface area contributed by atoms with Crippen molar-refractivity contribution in [3.8, 4) is 10.6 Å². The van der Waals surface area contributed by atoms with Gasteiger partial charge in [-0.2, -0.15) is 0 Å². The Labute approximate surface area is 167 Å². The van der Waals surface area contributed by atoms with Gasteiger partial charge in [0, 0.05) is 10.9 Å². The molecule has 140 valence electrons. The van der Waals surface area contributed by atoms with Crippen LogP contribution in [0.3, 0.4) is 0 Å². The van der Waals surface area contributed by atoms with Crippen LogP contribution in [-0.4, -0.2) is 10.9 Å².